The number of hydrogen-bond donors (Lipinski definition) is 0. The number of nitrogens with zero attached hydrogens (tertiary/aromatic N) is 2. The third kappa shape index (κ3) is 1.16. The molecule has 0 aromatic heterocycles. The zero-order valence-corrected chi connectivity index (χ0v) is 9.42. The number of benzene rings is 3. The summed E-state index contributed by atoms with van der Waals surface area (Å²) in [6.07, 6.45) is 0. The van der Waals surface area contributed by atoms with Gasteiger partial charge in [0.15, 0.2) is 0 Å². The number of carbonyl (C=O) groups excluding carboxylic acids is 1. The van der Waals surface area contributed by atoms with Crippen LogP contribution < -0.4 is 10.7 Å². The Morgan fingerprint density at radius 3 is 2.50 bits per heavy atom. The molecule has 18 heavy (non-hydrogen) atoms. The van der Waals surface area contributed by atoms with E-state index in [0.717, 1.165) is 10.8 Å². The first-order valence-corrected chi connectivity index (χ1v) is 5.75. The summed E-state index contributed by atoms with van der Waals surface area (Å²) >= 11 is 0. The van der Waals surface area contributed by atoms with Gasteiger partial charge in [-0.25, -0.2) is 4.79 Å². The minimum absolute atomic E-state index is 0.411. The Hall–Kier alpha value is -2.55. The molecule has 0 N–H and O–H groups in total. The summed E-state index contributed by atoms with van der Waals surface area (Å²) < 4.78 is 0. The summed E-state index contributed by atoms with van der Waals surface area (Å²) in [4.78, 5) is 19.1. The summed E-state index contributed by atoms with van der Waals surface area (Å²) in [5.74, 6) is 0. The average Bonchev–Trinajstić information content (AvgIpc) is 2.79. The maximum atomic E-state index is 11.3. The van der Waals surface area contributed by atoms with Crippen LogP contribution in [0.2, 0.25) is 0 Å². The molecule has 4 rings (SSSR count). The smallest absolute Gasteiger partial charge is 0.244 e. The van der Waals surface area contributed by atoms with Crippen molar-refractivity contribution in [2.45, 2.75) is 0 Å². The molecule has 0 radical (unpaired) electrons. The molecule has 3 aromatic carbocycles. The van der Waals surface area contributed by atoms with Crippen LogP contribution in [0.15, 0.2) is 58.5 Å². The fraction of sp³-hybridized carbons (Fsp3) is 0. The summed E-state index contributed by atoms with van der Waals surface area (Å²) in [6.45, 7) is 0. The molecule has 0 fully saturated rings. The molecular weight excluding hydrogens is 224 g/mol. The maximum absolute atomic E-state index is 11.3. The van der Waals surface area contributed by atoms with Gasteiger partial charge in [0.05, 0.1) is 5.36 Å². The molecule has 3 heteroatoms. The fourth-order valence-corrected chi connectivity index (χ4v) is 2.49. The van der Waals surface area contributed by atoms with Crippen LogP contribution in [0.4, 0.5) is 4.79 Å². The molecule has 0 bridgehead atoms. The van der Waals surface area contributed by atoms with E-state index in [2.05, 4.69) is 28.2 Å². The van der Waals surface area contributed by atoms with Crippen molar-refractivity contribution in [1.29, 1.82) is 0 Å². The van der Waals surface area contributed by atoms with Gasteiger partial charge < -0.3 is 0 Å². The van der Waals surface area contributed by atoms with E-state index in [1.165, 1.54) is 10.8 Å². The van der Waals surface area contributed by atoms with E-state index in [9.17, 15) is 4.79 Å². The average molecular weight is 232 g/mol. The minimum atomic E-state index is -0.411. The molecule has 3 aromatic rings. The van der Waals surface area contributed by atoms with Crippen LogP contribution in [0.1, 0.15) is 0 Å². The van der Waals surface area contributed by atoms with E-state index >= 15 is 0 Å². The highest BCUT2D eigenvalue weighted by Gasteiger charge is 2.09. The zero-order valence-electron chi connectivity index (χ0n) is 9.42. The summed E-state index contributed by atoms with van der Waals surface area (Å²) in [7, 11) is 0. The predicted molar refractivity (Wildman–Crippen MR) is 69.2 cm³/mol. The fourth-order valence-electron chi connectivity index (χ4n) is 2.49. The van der Waals surface area contributed by atoms with Crippen LogP contribution >= 0.6 is 0 Å². The van der Waals surface area contributed by atoms with Gasteiger partial charge in [0.2, 0.25) is 0 Å². The Labute approximate surface area is 102 Å². The first kappa shape index (κ1) is 9.48. The van der Waals surface area contributed by atoms with Crippen molar-refractivity contribution < 1.29 is 4.79 Å². The highest BCUT2D eigenvalue weighted by atomic mass is 16.2. The molecule has 0 saturated heterocycles. The van der Waals surface area contributed by atoms with Crippen LogP contribution in [-0.2, 0) is 0 Å². The van der Waals surface area contributed by atoms with Gasteiger partial charge in [-0.05, 0) is 22.2 Å². The third-order valence-corrected chi connectivity index (χ3v) is 3.30. The van der Waals surface area contributed by atoms with E-state index in [0.29, 0.717) is 10.7 Å². The second kappa shape index (κ2) is 3.23. The van der Waals surface area contributed by atoms with Gasteiger partial charge in [-0.3, -0.25) is 0 Å². The maximum Gasteiger partial charge on any atom is 0.368 e. The molecule has 1 aliphatic rings. The predicted octanol–water partition coefficient (Wildman–Crippen LogP) is 2.37. The molecule has 0 saturated carbocycles. The molecule has 3 nitrogen and oxygen atoms in total. The first-order valence-electron chi connectivity index (χ1n) is 5.75. The van der Waals surface area contributed by atoms with E-state index in [4.69, 9.17) is 0 Å². The Morgan fingerprint density at radius 2 is 1.56 bits per heavy atom. The number of amides is 2. The monoisotopic (exact) mass is 232 g/mol. The highest BCUT2D eigenvalue weighted by molar-refractivity contribution is 6.07. The van der Waals surface area contributed by atoms with Crippen LogP contribution in [-0.4, -0.2) is 6.03 Å². The largest absolute Gasteiger partial charge is 0.368 e. The number of fused-ring (bicyclic) bond motifs is 5. The third-order valence-electron chi connectivity index (χ3n) is 3.30. The van der Waals surface area contributed by atoms with Gasteiger partial charge >= 0.3 is 6.03 Å². The molecule has 1 aliphatic heterocycles. The standard InChI is InChI=1S/C15H8N2O/c18-15-16-13-8-7-11-10-4-2-1-3-9(10)5-6-12(11)14(13)17-15/h1-8H. The second-order valence-electron chi connectivity index (χ2n) is 4.32. The molecule has 0 atom stereocenters. The lowest BCUT2D eigenvalue weighted by Gasteiger charge is -2.02. The Bertz CT molecular complexity index is 942. The van der Waals surface area contributed by atoms with Gasteiger partial charge in [-0.1, -0.05) is 42.5 Å². The summed E-state index contributed by atoms with van der Waals surface area (Å²) in [5.41, 5.74) is 0. The van der Waals surface area contributed by atoms with Gasteiger partial charge in [-0.15, -0.1) is 0 Å². The van der Waals surface area contributed by atoms with Gasteiger partial charge in [0, 0.05) is 5.39 Å². The quantitative estimate of drug-likeness (QED) is 0.548. The molecule has 84 valence electrons. The number of rotatable bonds is 0. The Kier molecular flexibility index (Phi) is 1.70. The van der Waals surface area contributed by atoms with Crippen molar-refractivity contribution in [3.05, 3.63) is 59.2 Å². The van der Waals surface area contributed by atoms with Crippen molar-refractivity contribution in [2.75, 3.05) is 0 Å². The van der Waals surface area contributed by atoms with Crippen molar-refractivity contribution in [1.82, 2.24) is 0 Å². The van der Waals surface area contributed by atoms with E-state index in [-0.39, 0.29) is 0 Å². The van der Waals surface area contributed by atoms with Crippen LogP contribution in [0, 0.1) is 0 Å². The second-order valence-corrected chi connectivity index (χ2v) is 4.32. The number of hydrogen-bond acceptors (Lipinski definition) is 1. The highest BCUT2D eigenvalue weighted by Crippen LogP contribution is 2.22. The van der Waals surface area contributed by atoms with Gasteiger partial charge in [0.1, 0.15) is 5.36 Å². The molecule has 0 aliphatic carbocycles. The minimum Gasteiger partial charge on any atom is -0.244 e. The topological polar surface area (TPSA) is 41.8 Å². The molecule has 1 heterocycles. The summed E-state index contributed by atoms with van der Waals surface area (Å²) in [6, 6.07) is 15.7. The van der Waals surface area contributed by atoms with Crippen LogP contribution in [0.3, 0.4) is 0 Å². The van der Waals surface area contributed by atoms with Gasteiger partial charge in [-0.2, -0.15) is 9.98 Å². The van der Waals surface area contributed by atoms with Gasteiger partial charge in [0.25, 0.3) is 0 Å². The molecule has 2 amide bonds. The number of urea groups is 1. The molecular formula is C15H8N2O. The lowest BCUT2D eigenvalue weighted by Crippen LogP contribution is -2.21. The van der Waals surface area contributed by atoms with Crippen molar-refractivity contribution in [3.63, 3.8) is 0 Å². The number of carbonyl (C=O) groups is 1. The molecule has 0 unspecified atom stereocenters. The van der Waals surface area contributed by atoms with Crippen LogP contribution in [0.25, 0.3) is 21.5 Å². The molecule has 0 spiro atoms. The zero-order chi connectivity index (χ0) is 12.1. The summed E-state index contributed by atoms with van der Waals surface area (Å²) in [5, 5.41) is 5.82. The Morgan fingerprint density at radius 1 is 0.722 bits per heavy atom. The van der Waals surface area contributed by atoms with Crippen molar-refractivity contribution in [3.8, 4) is 0 Å². The normalized spacial score (nSPS) is 13.4. The lowest BCUT2D eigenvalue weighted by atomic mass is 10.0. The van der Waals surface area contributed by atoms with E-state index in [1.807, 2.05) is 30.3 Å². The lowest BCUT2D eigenvalue weighted by molar-refractivity contribution is 0.257. The van der Waals surface area contributed by atoms with Crippen LogP contribution in [0.5, 0.6) is 0 Å². The Balaban J connectivity index is 2.33. The first-order chi connectivity index (χ1) is 8.83. The van der Waals surface area contributed by atoms with E-state index < -0.39 is 6.03 Å². The van der Waals surface area contributed by atoms with Crippen molar-refractivity contribution >= 4 is 27.6 Å². The van der Waals surface area contributed by atoms with E-state index in [1.54, 1.807) is 0 Å². The van der Waals surface area contributed by atoms with Crippen molar-refractivity contribution in [2.24, 2.45) is 9.98 Å². The SMILES string of the molecule is O=C1N=c2ccc3c(ccc4ccccc43)c2=N1.